The molecule has 2 rings (SSSR count). The van der Waals surface area contributed by atoms with Crippen molar-refractivity contribution in [2.45, 2.75) is 0 Å². The Hall–Kier alpha value is -2.22. The Balaban J connectivity index is 2.29. The molecule has 0 aromatic heterocycles. The van der Waals surface area contributed by atoms with Gasteiger partial charge in [0.1, 0.15) is 0 Å². The second kappa shape index (κ2) is 5.03. The van der Waals surface area contributed by atoms with Crippen molar-refractivity contribution < 1.29 is 4.79 Å². The van der Waals surface area contributed by atoms with E-state index >= 15 is 0 Å². The van der Waals surface area contributed by atoms with Gasteiger partial charge in [0, 0.05) is 6.21 Å². The molecule has 0 heterocycles. The maximum Gasteiger partial charge on any atom is 0.232 e. The molecule has 2 heteroatoms. The predicted octanol–water partition coefficient (Wildman–Crippen LogP) is 3.08. The minimum Gasteiger partial charge on any atom is -0.276 e. The molecule has 1 amide bonds. The zero-order valence-electron chi connectivity index (χ0n) is 8.71. The molecule has 16 heavy (non-hydrogen) atoms. The van der Waals surface area contributed by atoms with Crippen molar-refractivity contribution >= 4 is 29.5 Å². The van der Waals surface area contributed by atoms with Crippen molar-refractivity contribution in [3.05, 3.63) is 54.1 Å². The summed E-state index contributed by atoms with van der Waals surface area (Å²) >= 11 is 0. The molecular weight excluding hydrogens is 198 g/mol. The molecule has 0 saturated heterocycles. The van der Waals surface area contributed by atoms with Crippen LogP contribution in [-0.2, 0) is 4.79 Å². The average molecular weight is 209 g/mol. The topological polar surface area (TPSA) is 29.4 Å². The van der Waals surface area contributed by atoms with E-state index in [0.29, 0.717) is 6.41 Å². The van der Waals surface area contributed by atoms with Crippen LogP contribution in [0, 0.1) is 0 Å². The molecule has 2 nitrogen and oxygen atoms in total. The lowest BCUT2D eigenvalue weighted by Crippen LogP contribution is -1.75. The fourth-order valence-electron chi connectivity index (χ4n) is 1.55. The Bertz CT molecular complexity index is 555. The highest BCUT2D eigenvalue weighted by Crippen LogP contribution is 2.16. The minimum atomic E-state index is 0.519. The van der Waals surface area contributed by atoms with Crippen LogP contribution in [0.3, 0.4) is 0 Å². The van der Waals surface area contributed by atoms with E-state index in [0.717, 1.165) is 5.56 Å². The van der Waals surface area contributed by atoms with Gasteiger partial charge in [0.15, 0.2) is 0 Å². The van der Waals surface area contributed by atoms with Crippen LogP contribution in [0.25, 0.3) is 16.8 Å². The van der Waals surface area contributed by atoms with E-state index in [1.165, 1.54) is 17.0 Å². The SMILES string of the molecule is O=CN=C/C=C/c1ccc2ccccc2c1. The highest BCUT2D eigenvalue weighted by atomic mass is 16.1. The lowest BCUT2D eigenvalue weighted by atomic mass is 10.1. The zero-order chi connectivity index (χ0) is 11.2. The Labute approximate surface area is 93.9 Å². The average Bonchev–Trinajstić information content (AvgIpc) is 2.34. The summed E-state index contributed by atoms with van der Waals surface area (Å²) in [6.45, 7) is 0. The fourth-order valence-corrected chi connectivity index (χ4v) is 1.55. The molecule has 78 valence electrons. The number of carbonyl (C=O) groups is 1. The zero-order valence-corrected chi connectivity index (χ0v) is 8.71. The number of fused-ring (bicyclic) bond motifs is 1. The fraction of sp³-hybridized carbons (Fsp3) is 0. The van der Waals surface area contributed by atoms with Gasteiger partial charge < -0.3 is 0 Å². The Morgan fingerprint density at radius 3 is 2.62 bits per heavy atom. The van der Waals surface area contributed by atoms with Crippen LogP contribution in [0.1, 0.15) is 5.56 Å². The second-order valence-electron chi connectivity index (χ2n) is 3.37. The quantitative estimate of drug-likeness (QED) is 0.564. The van der Waals surface area contributed by atoms with Crippen LogP contribution < -0.4 is 0 Å². The van der Waals surface area contributed by atoms with E-state index in [1.54, 1.807) is 6.08 Å². The van der Waals surface area contributed by atoms with Crippen LogP contribution in [0.4, 0.5) is 0 Å². The van der Waals surface area contributed by atoms with Gasteiger partial charge in [0.2, 0.25) is 6.41 Å². The number of rotatable bonds is 3. The first-order chi connectivity index (χ1) is 7.90. The molecule has 2 aromatic carbocycles. The Kier molecular flexibility index (Phi) is 3.24. The maximum absolute atomic E-state index is 9.96. The lowest BCUT2D eigenvalue weighted by Gasteiger charge is -1.98. The maximum atomic E-state index is 9.96. The van der Waals surface area contributed by atoms with E-state index in [4.69, 9.17) is 0 Å². The minimum absolute atomic E-state index is 0.519. The molecule has 0 bridgehead atoms. The lowest BCUT2D eigenvalue weighted by molar-refractivity contribution is -0.106. The number of allylic oxidation sites excluding steroid dienone is 1. The van der Waals surface area contributed by atoms with Crippen LogP contribution in [-0.4, -0.2) is 12.6 Å². The summed E-state index contributed by atoms with van der Waals surface area (Å²) in [5.74, 6) is 0. The summed E-state index contributed by atoms with van der Waals surface area (Å²) in [5.41, 5.74) is 1.09. The van der Waals surface area contributed by atoms with Gasteiger partial charge in [0.05, 0.1) is 0 Å². The van der Waals surface area contributed by atoms with Gasteiger partial charge in [-0.25, -0.2) is 4.99 Å². The molecule has 0 atom stereocenters. The molecule has 0 aliphatic heterocycles. The summed E-state index contributed by atoms with van der Waals surface area (Å²) in [5, 5.41) is 2.43. The number of amides is 1. The van der Waals surface area contributed by atoms with Gasteiger partial charge in [0.25, 0.3) is 0 Å². The van der Waals surface area contributed by atoms with Gasteiger partial charge in [-0.15, -0.1) is 0 Å². The van der Waals surface area contributed by atoms with Gasteiger partial charge in [-0.2, -0.15) is 0 Å². The molecule has 0 saturated carbocycles. The monoisotopic (exact) mass is 209 g/mol. The summed E-state index contributed by atoms with van der Waals surface area (Å²) in [7, 11) is 0. The molecule has 0 radical (unpaired) electrons. The van der Waals surface area contributed by atoms with Gasteiger partial charge >= 0.3 is 0 Å². The highest BCUT2D eigenvalue weighted by molar-refractivity contribution is 5.87. The van der Waals surface area contributed by atoms with E-state index in [-0.39, 0.29) is 0 Å². The van der Waals surface area contributed by atoms with Crippen LogP contribution >= 0.6 is 0 Å². The van der Waals surface area contributed by atoms with Crippen molar-refractivity contribution in [1.29, 1.82) is 0 Å². The summed E-state index contributed by atoms with van der Waals surface area (Å²) < 4.78 is 0. The number of nitrogens with zero attached hydrogens (tertiary/aromatic N) is 1. The number of aliphatic imine (C=N–C) groups is 1. The smallest absolute Gasteiger partial charge is 0.232 e. The van der Waals surface area contributed by atoms with E-state index < -0.39 is 0 Å². The number of benzene rings is 2. The van der Waals surface area contributed by atoms with Gasteiger partial charge in [-0.05, 0) is 28.5 Å². The van der Waals surface area contributed by atoms with Crippen molar-refractivity contribution in [2.75, 3.05) is 0 Å². The standard InChI is InChI=1S/C14H11NO/c16-11-15-9-3-4-12-7-8-13-5-1-2-6-14(13)10-12/h1-11H/b4-3+,15-9?. The predicted molar refractivity (Wildman–Crippen MR) is 67.5 cm³/mol. The van der Waals surface area contributed by atoms with Gasteiger partial charge in [-0.3, -0.25) is 4.79 Å². The summed E-state index contributed by atoms with van der Waals surface area (Å²) in [6.07, 6.45) is 5.66. The molecule has 2 aromatic rings. The molecule has 0 aliphatic rings. The third kappa shape index (κ3) is 2.42. The van der Waals surface area contributed by atoms with Crippen molar-refractivity contribution in [3.8, 4) is 0 Å². The number of hydrogen-bond acceptors (Lipinski definition) is 1. The van der Waals surface area contributed by atoms with Gasteiger partial charge in [-0.1, -0.05) is 42.5 Å². The van der Waals surface area contributed by atoms with E-state index in [2.05, 4.69) is 29.3 Å². The Morgan fingerprint density at radius 1 is 1.00 bits per heavy atom. The molecule has 0 unspecified atom stereocenters. The third-order valence-electron chi connectivity index (χ3n) is 2.30. The summed E-state index contributed by atoms with van der Waals surface area (Å²) in [4.78, 5) is 13.4. The van der Waals surface area contributed by atoms with Crippen LogP contribution in [0.2, 0.25) is 0 Å². The normalized spacial score (nSPS) is 11.5. The molecule has 0 spiro atoms. The largest absolute Gasteiger partial charge is 0.276 e. The van der Waals surface area contributed by atoms with E-state index in [1.807, 2.05) is 24.3 Å². The number of hydrogen-bond donors (Lipinski definition) is 0. The Morgan fingerprint density at radius 2 is 1.81 bits per heavy atom. The third-order valence-corrected chi connectivity index (χ3v) is 2.30. The molecule has 0 aliphatic carbocycles. The van der Waals surface area contributed by atoms with Crippen LogP contribution in [0.15, 0.2) is 53.5 Å². The first kappa shape index (κ1) is 10.3. The van der Waals surface area contributed by atoms with Crippen molar-refractivity contribution in [2.24, 2.45) is 4.99 Å². The van der Waals surface area contributed by atoms with Crippen LogP contribution in [0.5, 0.6) is 0 Å². The second-order valence-corrected chi connectivity index (χ2v) is 3.37. The first-order valence-corrected chi connectivity index (χ1v) is 5.02. The van der Waals surface area contributed by atoms with Crippen molar-refractivity contribution in [3.63, 3.8) is 0 Å². The highest BCUT2D eigenvalue weighted by Gasteiger charge is 1.91. The number of carbonyl (C=O) groups excluding carboxylic acids is 1. The molecular formula is C14H11NO. The first-order valence-electron chi connectivity index (χ1n) is 5.02. The summed E-state index contributed by atoms with van der Waals surface area (Å²) in [6, 6.07) is 14.4. The van der Waals surface area contributed by atoms with E-state index in [9.17, 15) is 4.79 Å². The molecule has 0 N–H and O–H groups in total. The molecule has 0 fully saturated rings. The van der Waals surface area contributed by atoms with Crippen molar-refractivity contribution in [1.82, 2.24) is 0 Å².